The molecular formula is C29H32ClN7O13. The van der Waals surface area contributed by atoms with Crippen LogP contribution in [0.4, 0.5) is 22.7 Å². The first-order valence-corrected chi connectivity index (χ1v) is 14.2. The number of nitro benzene ring substituents is 2. The van der Waals surface area contributed by atoms with Crippen molar-refractivity contribution in [3.8, 4) is 0 Å². The first-order chi connectivity index (χ1) is 22.9. The predicted molar refractivity (Wildman–Crippen MR) is 174 cm³/mol. The zero-order chi connectivity index (χ0) is 37.0. The van der Waals surface area contributed by atoms with Crippen molar-refractivity contribution in [1.82, 2.24) is 10.6 Å². The third kappa shape index (κ3) is 12.1. The van der Waals surface area contributed by atoms with Crippen LogP contribution in [0.5, 0.6) is 0 Å². The summed E-state index contributed by atoms with van der Waals surface area (Å²) in [6.07, 6.45) is 1.21. The number of carbonyl (C=O) groups excluding carboxylic acids is 7. The first-order valence-electron chi connectivity index (χ1n) is 14.2. The largest absolute Gasteiger partial charge is 0.477 e. The zero-order valence-electron chi connectivity index (χ0n) is 26.4. The number of amides is 5. The summed E-state index contributed by atoms with van der Waals surface area (Å²) in [5.41, 5.74) is 3.26. The zero-order valence-corrected chi connectivity index (χ0v) is 27.2. The molecule has 2 aromatic carbocycles. The molecule has 2 unspecified atom stereocenters. The number of carboxylic acids is 1. The van der Waals surface area contributed by atoms with Crippen LogP contribution in [-0.2, 0) is 28.8 Å². The minimum atomic E-state index is -1.46. The monoisotopic (exact) mass is 721 g/mol. The van der Waals surface area contributed by atoms with E-state index in [1.165, 1.54) is 38.1 Å². The standard InChI is InChI=1S/C14H14N4O6.C9H8N2O5.C6H9NO2.ClH/c1-7(19)15-8-3-2-4-10(18(23)24)12(8)14(22)16-9-5-6-11(20)17-13(9)21;1-5(12)10-6-3-2-4-7(11(15)16)8(6)9(13)14;7-5-2-1-4(8)3-6(5)9;/h2-4,9H,5-6H2,1H3,(H,15,19)(H,16,22)(H,17,20,21);2-4H,1H3,(H,10,12)(H,13,14);5H,1-3,7H2;1H. The van der Waals surface area contributed by atoms with Crippen molar-refractivity contribution in [2.24, 2.45) is 5.73 Å². The van der Waals surface area contributed by atoms with Crippen molar-refractivity contribution < 1.29 is 53.3 Å². The minimum absolute atomic E-state index is 0. The van der Waals surface area contributed by atoms with E-state index in [1.54, 1.807) is 0 Å². The number of nitrogens with two attached hydrogens (primary N) is 1. The van der Waals surface area contributed by atoms with E-state index in [4.69, 9.17) is 10.8 Å². The molecule has 2 fully saturated rings. The van der Waals surface area contributed by atoms with Crippen LogP contribution < -0.4 is 27.0 Å². The Kier molecular flexibility index (Phi) is 15.9. The molecule has 2 aromatic rings. The van der Waals surface area contributed by atoms with Crippen LogP contribution in [0.25, 0.3) is 0 Å². The number of imide groups is 1. The fraction of sp³-hybridized carbons (Fsp3) is 0.310. The van der Waals surface area contributed by atoms with E-state index in [0.717, 1.165) is 12.1 Å². The van der Waals surface area contributed by atoms with Crippen LogP contribution in [0.2, 0.25) is 0 Å². The fourth-order valence-corrected chi connectivity index (χ4v) is 4.39. The van der Waals surface area contributed by atoms with Crippen LogP contribution in [-0.4, -0.2) is 74.1 Å². The Labute approximate surface area is 288 Å². The Balaban J connectivity index is 0.000000413. The van der Waals surface area contributed by atoms with E-state index in [9.17, 15) is 58.6 Å². The van der Waals surface area contributed by atoms with Gasteiger partial charge < -0.3 is 26.8 Å². The van der Waals surface area contributed by atoms with Gasteiger partial charge in [0.1, 0.15) is 17.4 Å². The second kappa shape index (κ2) is 19.0. The Morgan fingerprint density at radius 3 is 1.76 bits per heavy atom. The molecule has 1 aliphatic carbocycles. The molecule has 0 bridgehead atoms. The number of nitro groups is 2. The number of nitrogens with zero attached hydrogens (tertiary/aromatic N) is 2. The normalized spacial score (nSPS) is 16.4. The number of carbonyl (C=O) groups is 8. The lowest BCUT2D eigenvalue weighted by Crippen LogP contribution is -2.52. The van der Waals surface area contributed by atoms with Crippen LogP contribution in [0.3, 0.4) is 0 Å². The summed E-state index contributed by atoms with van der Waals surface area (Å²) in [7, 11) is 0. The molecule has 1 saturated heterocycles. The highest BCUT2D eigenvalue weighted by molar-refractivity contribution is 6.09. The number of halogens is 1. The van der Waals surface area contributed by atoms with Crippen molar-refractivity contribution in [1.29, 1.82) is 0 Å². The average Bonchev–Trinajstić information content (AvgIpc) is 3.00. The number of piperidine rings is 1. The lowest BCUT2D eigenvalue weighted by Gasteiger charge is -2.22. The Bertz CT molecular complexity index is 1730. The predicted octanol–water partition coefficient (Wildman–Crippen LogP) is 1.40. The number of benzene rings is 2. The van der Waals surface area contributed by atoms with Gasteiger partial charge in [0.05, 0.1) is 33.7 Å². The Morgan fingerprint density at radius 1 is 0.840 bits per heavy atom. The van der Waals surface area contributed by atoms with Crippen LogP contribution in [0.1, 0.15) is 66.7 Å². The second-order valence-electron chi connectivity index (χ2n) is 10.4. The fourth-order valence-electron chi connectivity index (χ4n) is 4.39. The summed E-state index contributed by atoms with van der Waals surface area (Å²) >= 11 is 0. The third-order valence-corrected chi connectivity index (χ3v) is 6.60. The third-order valence-electron chi connectivity index (χ3n) is 6.60. The highest BCUT2D eigenvalue weighted by atomic mass is 35.5. The van der Waals surface area contributed by atoms with Gasteiger partial charge in [-0.3, -0.25) is 59.1 Å². The summed E-state index contributed by atoms with van der Waals surface area (Å²) in [6.45, 7) is 2.38. The van der Waals surface area contributed by atoms with E-state index in [-0.39, 0.29) is 66.2 Å². The van der Waals surface area contributed by atoms with Gasteiger partial charge in [0, 0.05) is 38.8 Å². The summed E-state index contributed by atoms with van der Waals surface area (Å²) < 4.78 is 0. The van der Waals surface area contributed by atoms with E-state index >= 15 is 0 Å². The molecular weight excluding hydrogens is 690 g/mol. The van der Waals surface area contributed by atoms with Gasteiger partial charge in [-0.1, -0.05) is 12.1 Å². The molecule has 2 aliphatic rings. The topological polar surface area (TPSA) is 317 Å². The molecule has 0 aromatic heterocycles. The van der Waals surface area contributed by atoms with E-state index < -0.39 is 68.3 Å². The second-order valence-corrected chi connectivity index (χ2v) is 10.4. The van der Waals surface area contributed by atoms with Gasteiger partial charge in [-0.25, -0.2) is 4.79 Å². The highest BCUT2D eigenvalue weighted by Gasteiger charge is 2.32. The molecule has 268 valence electrons. The maximum absolute atomic E-state index is 12.4. The van der Waals surface area contributed by atoms with Crippen LogP contribution in [0, 0.1) is 20.2 Å². The number of Topliss-reactive ketones (excluding diaryl/α,β-unsaturated/α-hetero) is 2. The minimum Gasteiger partial charge on any atom is -0.477 e. The number of rotatable bonds is 7. The Morgan fingerprint density at radius 2 is 1.34 bits per heavy atom. The maximum atomic E-state index is 12.4. The molecule has 21 heteroatoms. The smallest absolute Gasteiger partial charge is 0.344 e. The van der Waals surface area contributed by atoms with Crippen molar-refractivity contribution in [2.45, 2.75) is 58.0 Å². The summed E-state index contributed by atoms with van der Waals surface area (Å²) in [5.74, 6) is -4.56. The molecule has 5 amide bonds. The van der Waals surface area contributed by atoms with Crippen molar-refractivity contribution in [3.63, 3.8) is 0 Å². The molecule has 2 atom stereocenters. The van der Waals surface area contributed by atoms with Gasteiger partial charge >= 0.3 is 5.97 Å². The quantitative estimate of drug-likeness (QED) is 0.102. The van der Waals surface area contributed by atoms with Crippen molar-refractivity contribution >= 4 is 82.2 Å². The summed E-state index contributed by atoms with van der Waals surface area (Å²) in [4.78, 5) is 110. The van der Waals surface area contributed by atoms with E-state index in [1.807, 2.05) is 0 Å². The SMILES string of the molecule is CC(=O)Nc1cccc([N+](=O)[O-])c1C(=O)NC1CCC(=O)NC1=O.CC(=O)Nc1cccc([N+](=O)[O-])c1C(=O)O.Cl.NC1CCC(=O)CC1=O. The molecule has 1 aliphatic heterocycles. The number of aromatic carboxylic acids is 1. The average molecular weight is 722 g/mol. The van der Waals surface area contributed by atoms with Gasteiger partial charge in [0.15, 0.2) is 11.3 Å². The number of hydrogen-bond donors (Lipinski definition) is 6. The summed E-state index contributed by atoms with van der Waals surface area (Å²) in [6, 6.07) is 6.08. The van der Waals surface area contributed by atoms with E-state index in [2.05, 4.69) is 21.3 Å². The Hall–Kier alpha value is -6.15. The van der Waals surface area contributed by atoms with Gasteiger partial charge in [0.2, 0.25) is 23.6 Å². The molecule has 4 rings (SSSR count). The van der Waals surface area contributed by atoms with Crippen molar-refractivity contribution in [2.75, 3.05) is 10.6 Å². The van der Waals surface area contributed by atoms with Crippen molar-refractivity contribution in [3.05, 3.63) is 67.8 Å². The maximum Gasteiger partial charge on any atom is 0.344 e. The molecule has 20 nitrogen and oxygen atoms in total. The van der Waals surface area contributed by atoms with Crippen LogP contribution >= 0.6 is 12.4 Å². The number of hydrogen-bond acceptors (Lipinski definition) is 13. The molecule has 0 spiro atoms. The molecule has 50 heavy (non-hydrogen) atoms. The first kappa shape index (κ1) is 41.9. The van der Waals surface area contributed by atoms with Gasteiger partial charge in [0.25, 0.3) is 17.3 Å². The number of carboxylic acid groups (broad SMARTS) is 1. The lowest BCUT2D eigenvalue weighted by atomic mass is 9.94. The molecule has 1 heterocycles. The van der Waals surface area contributed by atoms with Gasteiger partial charge in [-0.2, -0.15) is 0 Å². The molecule has 1 saturated carbocycles. The van der Waals surface area contributed by atoms with Crippen LogP contribution in [0.15, 0.2) is 36.4 Å². The highest BCUT2D eigenvalue weighted by Crippen LogP contribution is 2.27. The lowest BCUT2D eigenvalue weighted by molar-refractivity contribution is -0.385. The number of anilines is 2. The molecule has 7 N–H and O–H groups in total. The van der Waals surface area contributed by atoms with Gasteiger partial charge in [-0.05, 0) is 25.0 Å². The van der Waals surface area contributed by atoms with E-state index in [0.29, 0.717) is 12.8 Å². The molecule has 0 radical (unpaired) electrons. The van der Waals surface area contributed by atoms with Gasteiger partial charge in [-0.15, -0.1) is 12.4 Å². The number of nitrogens with one attached hydrogen (secondary N) is 4. The summed E-state index contributed by atoms with van der Waals surface area (Å²) in [5, 5.41) is 39.6. The number of ketones is 2.